The zero-order valence-electron chi connectivity index (χ0n) is 18.2. The minimum absolute atomic E-state index is 0.0797. The number of ether oxygens (including phenoxy) is 1. The van der Waals surface area contributed by atoms with Gasteiger partial charge in [0.15, 0.2) is 6.10 Å². The van der Waals surface area contributed by atoms with Crippen molar-refractivity contribution in [1.82, 2.24) is 4.98 Å². The Balaban J connectivity index is 1.40. The van der Waals surface area contributed by atoms with Crippen molar-refractivity contribution in [3.63, 3.8) is 0 Å². The van der Waals surface area contributed by atoms with Crippen molar-refractivity contribution in [1.29, 1.82) is 4.78 Å². The van der Waals surface area contributed by atoms with E-state index >= 15 is 0 Å². The summed E-state index contributed by atoms with van der Waals surface area (Å²) < 4.78 is 41.5. The SMILES string of the molecule is CCC[S@](=N)(=O)c1cc2c(cc1F)CCN2C(=O)[C@H]1Cc2cc(-c3ccccn3)ccc2O1. The van der Waals surface area contributed by atoms with E-state index in [9.17, 15) is 13.4 Å². The second-order valence-electron chi connectivity index (χ2n) is 8.38. The summed E-state index contributed by atoms with van der Waals surface area (Å²) in [5.74, 6) is -0.0997. The van der Waals surface area contributed by atoms with Crippen LogP contribution in [0.1, 0.15) is 24.5 Å². The molecule has 1 aromatic heterocycles. The lowest BCUT2D eigenvalue weighted by molar-refractivity contribution is -0.124. The highest BCUT2D eigenvalue weighted by molar-refractivity contribution is 7.92. The van der Waals surface area contributed by atoms with Gasteiger partial charge in [-0.1, -0.05) is 13.0 Å². The van der Waals surface area contributed by atoms with Gasteiger partial charge in [-0.15, -0.1) is 0 Å². The second-order valence-corrected chi connectivity index (χ2v) is 10.6. The van der Waals surface area contributed by atoms with Crippen LogP contribution < -0.4 is 9.64 Å². The van der Waals surface area contributed by atoms with Crippen LogP contribution in [0.3, 0.4) is 0 Å². The van der Waals surface area contributed by atoms with Crippen LogP contribution in [0.15, 0.2) is 59.6 Å². The molecule has 1 N–H and O–H groups in total. The predicted molar refractivity (Wildman–Crippen MR) is 125 cm³/mol. The normalized spacial score (nSPS) is 18.4. The Bertz CT molecular complexity index is 1340. The first-order valence-corrected chi connectivity index (χ1v) is 12.7. The first-order valence-electron chi connectivity index (χ1n) is 11.0. The van der Waals surface area contributed by atoms with E-state index < -0.39 is 21.7 Å². The Kier molecular flexibility index (Phi) is 5.40. The van der Waals surface area contributed by atoms with Crippen molar-refractivity contribution in [2.45, 2.75) is 37.2 Å². The summed E-state index contributed by atoms with van der Waals surface area (Å²) in [5.41, 5.74) is 3.96. The van der Waals surface area contributed by atoms with Crippen molar-refractivity contribution in [3.8, 4) is 17.0 Å². The van der Waals surface area contributed by atoms with E-state index in [0.29, 0.717) is 42.8 Å². The third-order valence-electron chi connectivity index (χ3n) is 6.11. The number of carbonyl (C=O) groups excluding carboxylic acids is 1. The number of benzene rings is 2. The van der Waals surface area contributed by atoms with E-state index in [4.69, 9.17) is 9.52 Å². The topological polar surface area (TPSA) is 83.4 Å². The van der Waals surface area contributed by atoms with Crippen LogP contribution in [-0.4, -0.2) is 33.5 Å². The number of anilines is 1. The third kappa shape index (κ3) is 3.88. The van der Waals surface area contributed by atoms with Crippen LogP contribution in [0.25, 0.3) is 11.3 Å². The zero-order valence-corrected chi connectivity index (χ0v) is 19.0. The fourth-order valence-corrected chi connectivity index (χ4v) is 5.99. The van der Waals surface area contributed by atoms with E-state index in [2.05, 4.69) is 4.98 Å². The summed E-state index contributed by atoms with van der Waals surface area (Å²) in [6.07, 6.45) is 2.50. The van der Waals surface area contributed by atoms with E-state index in [1.807, 2.05) is 43.3 Å². The highest BCUT2D eigenvalue weighted by atomic mass is 32.2. The summed E-state index contributed by atoms with van der Waals surface area (Å²) in [5, 5.41) is 0. The largest absolute Gasteiger partial charge is 0.480 e. The van der Waals surface area contributed by atoms with Gasteiger partial charge >= 0.3 is 0 Å². The fourth-order valence-electron chi connectivity index (χ4n) is 4.52. The van der Waals surface area contributed by atoms with Crippen molar-refractivity contribution in [2.24, 2.45) is 0 Å². The molecule has 0 bridgehead atoms. The van der Waals surface area contributed by atoms with E-state index in [1.165, 1.54) is 12.1 Å². The molecule has 3 heterocycles. The molecule has 1 amide bonds. The van der Waals surface area contributed by atoms with Crippen molar-refractivity contribution < 1.29 is 18.1 Å². The molecule has 33 heavy (non-hydrogen) atoms. The summed E-state index contributed by atoms with van der Waals surface area (Å²) in [7, 11) is -3.26. The molecule has 3 aromatic rings. The van der Waals surface area contributed by atoms with E-state index in [1.54, 1.807) is 11.1 Å². The Hall–Kier alpha value is -3.26. The maximum atomic E-state index is 14.6. The first kappa shape index (κ1) is 21.6. The molecule has 0 radical (unpaired) electrons. The lowest BCUT2D eigenvalue weighted by Crippen LogP contribution is -2.40. The number of pyridine rings is 1. The van der Waals surface area contributed by atoms with Gasteiger partial charge in [-0.05, 0) is 66.4 Å². The molecule has 5 rings (SSSR count). The summed E-state index contributed by atoms with van der Waals surface area (Å²) in [6.45, 7) is 2.21. The molecular weight excluding hydrogens is 441 g/mol. The molecule has 8 heteroatoms. The van der Waals surface area contributed by atoms with Crippen molar-refractivity contribution >= 4 is 21.3 Å². The van der Waals surface area contributed by atoms with Gasteiger partial charge in [0, 0.05) is 36.2 Å². The second kappa shape index (κ2) is 8.26. The average molecular weight is 466 g/mol. The monoisotopic (exact) mass is 465 g/mol. The van der Waals surface area contributed by atoms with Crippen LogP contribution in [0.5, 0.6) is 5.75 Å². The van der Waals surface area contributed by atoms with Crippen molar-refractivity contribution in [2.75, 3.05) is 17.2 Å². The third-order valence-corrected chi connectivity index (χ3v) is 8.12. The molecule has 0 unspecified atom stereocenters. The minimum Gasteiger partial charge on any atom is -0.480 e. The molecule has 0 fully saturated rings. The smallest absolute Gasteiger partial charge is 0.268 e. The molecular formula is C25H24FN3O3S. The van der Waals surface area contributed by atoms with Gasteiger partial charge in [0.1, 0.15) is 11.6 Å². The Labute approximate surface area is 192 Å². The molecule has 0 saturated heterocycles. The highest BCUT2D eigenvalue weighted by Gasteiger charge is 2.36. The Morgan fingerprint density at radius 1 is 1.24 bits per heavy atom. The van der Waals surface area contributed by atoms with Gasteiger partial charge in [-0.2, -0.15) is 0 Å². The van der Waals surface area contributed by atoms with Gasteiger partial charge in [0.2, 0.25) is 0 Å². The van der Waals surface area contributed by atoms with Crippen LogP contribution in [0.2, 0.25) is 0 Å². The van der Waals surface area contributed by atoms with Gasteiger partial charge in [0.25, 0.3) is 5.91 Å². The molecule has 2 aliphatic heterocycles. The molecule has 6 nitrogen and oxygen atoms in total. The number of halogens is 1. The predicted octanol–water partition coefficient (Wildman–Crippen LogP) is 4.60. The van der Waals surface area contributed by atoms with Crippen LogP contribution in [0, 0.1) is 10.6 Å². The molecule has 0 saturated carbocycles. The maximum Gasteiger partial charge on any atom is 0.268 e. The standard InChI is InChI=1S/C25H24FN3O3S/c1-2-11-33(27,31)24-15-21-17(13-19(24)26)8-10-29(21)25(30)23-14-18-12-16(6-7-22(18)32-23)20-5-3-4-9-28-20/h3-7,9,12-13,15,23,27H,2,8,10-11,14H2,1H3/t23-,33+/m1/s1. The number of nitrogens with zero attached hydrogens (tertiary/aromatic N) is 2. The zero-order chi connectivity index (χ0) is 23.2. The van der Waals surface area contributed by atoms with Gasteiger partial charge < -0.3 is 9.64 Å². The molecule has 2 aromatic carbocycles. The summed E-state index contributed by atoms with van der Waals surface area (Å²) in [6, 6.07) is 14.3. The number of rotatable bonds is 5. The number of fused-ring (bicyclic) bond motifs is 2. The van der Waals surface area contributed by atoms with Gasteiger partial charge in [-0.3, -0.25) is 9.78 Å². The number of carbonyl (C=O) groups is 1. The van der Waals surface area contributed by atoms with Gasteiger partial charge in [-0.25, -0.2) is 13.4 Å². The molecule has 2 aliphatic rings. The molecule has 2 atom stereocenters. The lowest BCUT2D eigenvalue weighted by atomic mass is 10.0. The highest BCUT2D eigenvalue weighted by Crippen LogP contribution is 2.37. The Morgan fingerprint density at radius 3 is 2.85 bits per heavy atom. The Morgan fingerprint density at radius 2 is 2.09 bits per heavy atom. The summed E-state index contributed by atoms with van der Waals surface area (Å²) in [4.78, 5) is 19.2. The average Bonchev–Trinajstić information content (AvgIpc) is 3.42. The minimum atomic E-state index is -3.26. The van der Waals surface area contributed by atoms with Crippen LogP contribution >= 0.6 is 0 Å². The van der Waals surface area contributed by atoms with Crippen LogP contribution in [0.4, 0.5) is 10.1 Å². The number of amides is 1. The first-order chi connectivity index (χ1) is 15.9. The molecule has 170 valence electrons. The fraction of sp³-hybridized carbons (Fsp3) is 0.280. The lowest BCUT2D eigenvalue weighted by Gasteiger charge is -2.22. The number of hydrogen-bond acceptors (Lipinski definition) is 5. The maximum absolute atomic E-state index is 14.6. The number of hydrogen-bond donors (Lipinski definition) is 1. The number of nitrogens with one attached hydrogen (secondary N) is 1. The van der Waals surface area contributed by atoms with Gasteiger partial charge in [0.05, 0.1) is 20.3 Å². The van der Waals surface area contributed by atoms with E-state index in [0.717, 1.165) is 16.8 Å². The number of aromatic nitrogens is 1. The molecule has 0 spiro atoms. The summed E-state index contributed by atoms with van der Waals surface area (Å²) >= 11 is 0. The van der Waals surface area contributed by atoms with Crippen LogP contribution in [-0.2, 0) is 27.4 Å². The quantitative estimate of drug-likeness (QED) is 0.597. The van der Waals surface area contributed by atoms with E-state index in [-0.39, 0.29) is 16.6 Å². The van der Waals surface area contributed by atoms with Crippen molar-refractivity contribution in [3.05, 3.63) is 71.7 Å². The molecule has 0 aliphatic carbocycles.